The van der Waals surface area contributed by atoms with E-state index in [4.69, 9.17) is 11.6 Å². The molecule has 1 N–H and O–H groups in total. The summed E-state index contributed by atoms with van der Waals surface area (Å²) in [7, 11) is -3.74. The van der Waals surface area contributed by atoms with E-state index >= 15 is 0 Å². The van der Waals surface area contributed by atoms with E-state index in [-0.39, 0.29) is 10.9 Å². The van der Waals surface area contributed by atoms with Crippen molar-refractivity contribution in [3.63, 3.8) is 0 Å². The fourth-order valence-corrected chi connectivity index (χ4v) is 4.22. The SMILES string of the molecule is CCN(c1cccc(C)c1)S(=O)(=O)c1n[nH]c(C)c1CCl. The van der Waals surface area contributed by atoms with Crippen molar-refractivity contribution in [1.29, 1.82) is 0 Å². The quantitative estimate of drug-likeness (QED) is 0.858. The van der Waals surface area contributed by atoms with Crippen molar-refractivity contribution in [1.82, 2.24) is 10.2 Å². The van der Waals surface area contributed by atoms with Crippen LogP contribution in [0.1, 0.15) is 23.7 Å². The van der Waals surface area contributed by atoms with Gasteiger partial charge in [0.15, 0.2) is 0 Å². The molecule has 0 atom stereocenters. The number of H-pyrrole nitrogens is 1. The van der Waals surface area contributed by atoms with Gasteiger partial charge in [-0.3, -0.25) is 9.40 Å². The van der Waals surface area contributed by atoms with Crippen molar-refractivity contribution in [2.75, 3.05) is 10.8 Å². The van der Waals surface area contributed by atoms with E-state index in [1.54, 1.807) is 19.9 Å². The molecule has 0 amide bonds. The lowest BCUT2D eigenvalue weighted by Gasteiger charge is -2.22. The van der Waals surface area contributed by atoms with Gasteiger partial charge in [-0.2, -0.15) is 13.5 Å². The summed E-state index contributed by atoms with van der Waals surface area (Å²) >= 11 is 5.86. The molecule has 0 unspecified atom stereocenters. The van der Waals surface area contributed by atoms with Crippen molar-refractivity contribution in [3.05, 3.63) is 41.1 Å². The number of sulfonamides is 1. The zero-order valence-corrected chi connectivity index (χ0v) is 13.8. The Labute approximate surface area is 130 Å². The van der Waals surface area contributed by atoms with E-state index in [0.717, 1.165) is 5.56 Å². The minimum atomic E-state index is -3.74. The van der Waals surface area contributed by atoms with Gasteiger partial charge < -0.3 is 0 Å². The molecule has 0 aliphatic rings. The van der Waals surface area contributed by atoms with Gasteiger partial charge in [-0.25, -0.2) is 0 Å². The third kappa shape index (κ3) is 2.91. The van der Waals surface area contributed by atoms with Crippen molar-refractivity contribution in [3.8, 4) is 0 Å². The number of benzene rings is 1. The normalized spacial score (nSPS) is 11.6. The zero-order chi connectivity index (χ0) is 15.6. The molecule has 0 fully saturated rings. The third-order valence-corrected chi connectivity index (χ3v) is 5.42. The number of aromatic nitrogens is 2. The molecule has 0 saturated heterocycles. The van der Waals surface area contributed by atoms with Crippen LogP contribution in [0.15, 0.2) is 29.3 Å². The molecule has 0 aliphatic carbocycles. The lowest BCUT2D eigenvalue weighted by atomic mass is 10.2. The first-order valence-corrected chi connectivity index (χ1v) is 8.58. The van der Waals surface area contributed by atoms with Crippen LogP contribution in [0.4, 0.5) is 5.69 Å². The molecule has 0 saturated carbocycles. The summed E-state index contributed by atoms with van der Waals surface area (Å²) in [5.41, 5.74) is 2.81. The summed E-state index contributed by atoms with van der Waals surface area (Å²) in [5, 5.41) is 6.63. The molecule has 5 nitrogen and oxygen atoms in total. The second kappa shape index (κ2) is 6.07. The maximum Gasteiger partial charge on any atom is 0.283 e. The van der Waals surface area contributed by atoms with Crippen molar-refractivity contribution in [2.45, 2.75) is 31.7 Å². The molecule has 2 aromatic rings. The maximum atomic E-state index is 12.9. The van der Waals surface area contributed by atoms with Crippen molar-refractivity contribution >= 4 is 27.3 Å². The Kier molecular flexibility index (Phi) is 4.58. The first-order valence-electron chi connectivity index (χ1n) is 6.61. The van der Waals surface area contributed by atoms with Crippen LogP contribution in [0, 0.1) is 13.8 Å². The summed E-state index contributed by atoms with van der Waals surface area (Å²) in [6, 6.07) is 7.36. The largest absolute Gasteiger partial charge is 0.283 e. The van der Waals surface area contributed by atoms with Gasteiger partial charge in [0.05, 0.1) is 11.6 Å². The second-order valence-corrected chi connectivity index (χ2v) is 6.82. The Morgan fingerprint density at radius 3 is 2.62 bits per heavy atom. The van der Waals surface area contributed by atoms with Crippen LogP contribution in [-0.2, 0) is 15.9 Å². The van der Waals surface area contributed by atoms with Crippen LogP contribution in [0.3, 0.4) is 0 Å². The van der Waals surface area contributed by atoms with Crippen LogP contribution in [0.2, 0.25) is 0 Å². The third-order valence-electron chi connectivity index (χ3n) is 3.28. The van der Waals surface area contributed by atoms with Crippen LogP contribution in [-0.4, -0.2) is 25.2 Å². The van der Waals surface area contributed by atoms with Crippen LogP contribution in [0.25, 0.3) is 0 Å². The number of aromatic amines is 1. The van der Waals surface area contributed by atoms with Crippen molar-refractivity contribution in [2.24, 2.45) is 0 Å². The van der Waals surface area contributed by atoms with E-state index in [2.05, 4.69) is 10.2 Å². The Bertz CT molecular complexity index is 740. The van der Waals surface area contributed by atoms with Gasteiger partial charge in [-0.1, -0.05) is 12.1 Å². The van der Waals surface area contributed by atoms with Gasteiger partial charge in [0.1, 0.15) is 0 Å². The number of nitrogens with zero attached hydrogens (tertiary/aromatic N) is 2. The highest BCUT2D eigenvalue weighted by molar-refractivity contribution is 7.92. The average molecular weight is 328 g/mol. The fourth-order valence-electron chi connectivity index (χ4n) is 2.18. The minimum absolute atomic E-state index is 0.00152. The molecule has 114 valence electrons. The van der Waals surface area contributed by atoms with Crippen LogP contribution >= 0.6 is 11.6 Å². The molecule has 1 aromatic carbocycles. The van der Waals surface area contributed by atoms with Gasteiger partial charge in [0.2, 0.25) is 5.03 Å². The molecular formula is C14H18ClN3O2S. The molecule has 7 heteroatoms. The number of hydrogen-bond acceptors (Lipinski definition) is 3. The standard InChI is InChI=1S/C14H18ClN3O2S/c1-4-18(12-7-5-6-10(2)8-12)21(19,20)14-13(9-15)11(3)16-17-14/h5-8H,4,9H2,1-3H3,(H,16,17). The van der Waals surface area contributed by atoms with E-state index in [9.17, 15) is 8.42 Å². The van der Waals surface area contributed by atoms with E-state index in [1.807, 2.05) is 25.1 Å². The van der Waals surface area contributed by atoms with Crippen LogP contribution < -0.4 is 4.31 Å². The molecule has 0 spiro atoms. The second-order valence-electron chi connectivity index (χ2n) is 4.77. The predicted octanol–water partition coefficient (Wildman–Crippen LogP) is 2.98. The first kappa shape index (κ1) is 15.9. The highest BCUT2D eigenvalue weighted by atomic mass is 35.5. The van der Waals surface area contributed by atoms with Crippen molar-refractivity contribution < 1.29 is 8.42 Å². The van der Waals surface area contributed by atoms with E-state index in [0.29, 0.717) is 23.5 Å². The number of alkyl halides is 1. The minimum Gasteiger partial charge on any atom is -0.281 e. The lowest BCUT2D eigenvalue weighted by molar-refractivity contribution is 0.587. The Balaban J connectivity index is 2.55. The molecule has 2 rings (SSSR count). The summed E-state index contributed by atoms with van der Waals surface area (Å²) in [6.07, 6.45) is 0. The topological polar surface area (TPSA) is 66.1 Å². The Morgan fingerprint density at radius 2 is 2.05 bits per heavy atom. The summed E-state index contributed by atoms with van der Waals surface area (Å²) in [4.78, 5) is 0. The predicted molar refractivity (Wildman–Crippen MR) is 84.3 cm³/mol. The number of hydrogen-bond donors (Lipinski definition) is 1. The summed E-state index contributed by atoms with van der Waals surface area (Å²) < 4.78 is 27.0. The lowest BCUT2D eigenvalue weighted by Crippen LogP contribution is -2.31. The molecular weight excluding hydrogens is 310 g/mol. The zero-order valence-electron chi connectivity index (χ0n) is 12.2. The monoisotopic (exact) mass is 327 g/mol. The molecule has 1 heterocycles. The van der Waals surface area contributed by atoms with Crippen LogP contribution in [0.5, 0.6) is 0 Å². The molecule has 1 aromatic heterocycles. The van der Waals surface area contributed by atoms with E-state index in [1.165, 1.54) is 4.31 Å². The molecule has 0 aliphatic heterocycles. The highest BCUT2D eigenvalue weighted by Crippen LogP contribution is 2.27. The highest BCUT2D eigenvalue weighted by Gasteiger charge is 2.29. The smallest absolute Gasteiger partial charge is 0.281 e. The Morgan fingerprint density at radius 1 is 1.33 bits per heavy atom. The van der Waals surface area contributed by atoms with E-state index < -0.39 is 10.0 Å². The molecule has 21 heavy (non-hydrogen) atoms. The number of nitrogens with one attached hydrogen (secondary N) is 1. The van der Waals surface area contributed by atoms with Gasteiger partial charge in [-0.15, -0.1) is 11.6 Å². The van der Waals surface area contributed by atoms with Gasteiger partial charge in [0, 0.05) is 17.8 Å². The Hall–Kier alpha value is -1.53. The van der Waals surface area contributed by atoms with Gasteiger partial charge in [-0.05, 0) is 38.5 Å². The average Bonchev–Trinajstić information content (AvgIpc) is 2.81. The first-order chi connectivity index (χ1) is 9.91. The summed E-state index contributed by atoms with van der Waals surface area (Å²) in [5.74, 6) is 0.0995. The summed E-state index contributed by atoms with van der Waals surface area (Å²) in [6.45, 7) is 5.79. The fraction of sp³-hybridized carbons (Fsp3) is 0.357. The molecule has 0 bridgehead atoms. The number of aryl methyl sites for hydroxylation is 2. The maximum absolute atomic E-state index is 12.9. The van der Waals surface area contributed by atoms with Gasteiger partial charge in [0.25, 0.3) is 10.0 Å². The van der Waals surface area contributed by atoms with Gasteiger partial charge >= 0.3 is 0 Å². The number of halogens is 1. The number of rotatable bonds is 5. The number of anilines is 1. The molecule has 0 radical (unpaired) electrons.